The van der Waals surface area contributed by atoms with Crippen molar-refractivity contribution >= 4 is 43.8 Å². The van der Waals surface area contributed by atoms with Gasteiger partial charge in [0.15, 0.2) is 11.9 Å². The molecule has 2 heterocycles. The van der Waals surface area contributed by atoms with Crippen LogP contribution < -0.4 is 0 Å². The first-order chi connectivity index (χ1) is 27.2. The molecule has 0 aliphatic carbocycles. The van der Waals surface area contributed by atoms with Gasteiger partial charge in [-0.3, -0.25) is 14.1 Å². The number of phosphoric acid groups is 1. The van der Waals surface area contributed by atoms with E-state index >= 15 is 4.39 Å². The van der Waals surface area contributed by atoms with Gasteiger partial charge in [-0.05, 0) is 37.3 Å². The number of ether oxygens (including phenoxy) is 6. The molecule has 4 rings (SSSR count). The average molecular weight is 841 g/mol. The first-order valence-corrected chi connectivity index (χ1v) is 19.2. The Labute approximate surface area is 327 Å². The zero-order valence-electron chi connectivity index (χ0n) is 30.0. The second kappa shape index (κ2) is 21.5. The number of thioether (sulfide) groups is 1. The van der Waals surface area contributed by atoms with Crippen molar-refractivity contribution in [1.82, 2.24) is 14.8 Å². The monoisotopic (exact) mass is 840 g/mol. The molecule has 22 heteroatoms. The standard InChI is InChI=1S/C35H36F3N4O13PS/c1-23(57-27-17-50-33(51-18-27)5-3-2-4-25-7-6-24(16-39)14-29(25)37)35(19-42-21-40-20-41-42,28-9-8-26(36)15-30(28)38)55-34(45)53-22-52-32(44)11-10-31(43)49-12-13-54-56(46,47)48/h2-9,14-15,20-21,23,27,33H,10-13,17-19,22H2,1H3,(H2,46,47,48). The summed E-state index contributed by atoms with van der Waals surface area (Å²) >= 11 is 1.19. The second-order valence-corrected chi connectivity index (χ2v) is 14.7. The van der Waals surface area contributed by atoms with Gasteiger partial charge in [0.2, 0.25) is 6.79 Å². The quantitative estimate of drug-likeness (QED) is 0.0417. The molecule has 1 aliphatic heterocycles. The molecule has 57 heavy (non-hydrogen) atoms. The molecule has 3 aromatic rings. The lowest BCUT2D eigenvalue weighted by Crippen LogP contribution is -2.47. The summed E-state index contributed by atoms with van der Waals surface area (Å²) in [6, 6.07) is 8.66. The van der Waals surface area contributed by atoms with Gasteiger partial charge in [-0.2, -0.15) is 10.4 Å². The van der Waals surface area contributed by atoms with E-state index in [2.05, 4.69) is 19.3 Å². The lowest BCUT2D eigenvalue weighted by Gasteiger charge is -2.40. The highest BCUT2D eigenvalue weighted by Gasteiger charge is 2.47. The minimum Gasteiger partial charge on any atom is -0.463 e. The fourth-order valence-electron chi connectivity index (χ4n) is 5.11. The van der Waals surface area contributed by atoms with Crippen molar-refractivity contribution in [3.05, 3.63) is 101 Å². The maximum atomic E-state index is 15.6. The van der Waals surface area contributed by atoms with E-state index in [1.54, 1.807) is 25.2 Å². The van der Waals surface area contributed by atoms with Crippen LogP contribution in [0.4, 0.5) is 18.0 Å². The summed E-state index contributed by atoms with van der Waals surface area (Å²) in [5.74, 6) is -4.41. The van der Waals surface area contributed by atoms with Crippen molar-refractivity contribution in [3.8, 4) is 6.07 Å². The van der Waals surface area contributed by atoms with E-state index in [-0.39, 0.29) is 36.4 Å². The normalized spacial score (nSPS) is 17.4. The van der Waals surface area contributed by atoms with E-state index in [4.69, 9.17) is 38.7 Å². The van der Waals surface area contributed by atoms with E-state index in [0.717, 1.165) is 18.2 Å². The summed E-state index contributed by atoms with van der Waals surface area (Å²) in [5.41, 5.74) is -1.74. The van der Waals surface area contributed by atoms with Gasteiger partial charge in [-0.15, -0.1) is 11.8 Å². The van der Waals surface area contributed by atoms with Gasteiger partial charge < -0.3 is 38.2 Å². The molecule has 17 nitrogen and oxygen atoms in total. The zero-order valence-corrected chi connectivity index (χ0v) is 31.7. The average Bonchev–Trinajstić information content (AvgIpc) is 3.67. The van der Waals surface area contributed by atoms with Crippen LogP contribution in [-0.2, 0) is 59.2 Å². The minimum atomic E-state index is -4.74. The predicted molar refractivity (Wildman–Crippen MR) is 191 cm³/mol. The molecule has 2 atom stereocenters. The SMILES string of the molecule is CC(SC1COC(C=CC=Cc2ccc(C#N)cc2F)OC1)C(Cn1cncn1)(OC(=O)OCOC(=O)CCC(=O)OCCOP(=O)(O)O)c1ccc(F)cc1F. The van der Waals surface area contributed by atoms with Crippen LogP contribution in [0.5, 0.6) is 0 Å². The van der Waals surface area contributed by atoms with Crippen LogP contribution in [0.2, 0.25) is 0 Å². The van der Waals surface area contributed by atoms with Gasteiger partial charge in [0.05, 0.1) is 56.1 Å². The largest absolute Gasteiger partial charge is 0.512 e. The van der Waals surface area contributed by atoms with Crippen molar-refractivity contribution in [2.75, 3.05) is 33.2 Å². The Hall–Kier alpha value is -5.07. The molecule has 0 saturated carbocycles. The number of hydrogen-bond donors (Lipinski definition) is 2. The minimum absolute atomic E-state index is 0.123. The Morgan fingerprint density at radius 2 is 1.79 bits per heavy atom. The summed E-state index contributed by atoms with van der Waals surface area (Å²) in [6.07, 6.45) is 5.57. The third-order valence-electron chi connectivity index (χ3n) is 7.78. The lowest BCUT2D eigenvalue weighted by molar-refractivity contribution is -0.158. The molecule has 1 saturated heterocycles. The maximum Gasteiger partial charge on any atom is 0.512 e. The Balaban J connectivity index is 1.38. The fraction of sp³-hybridized carbons (Fsp3) is 0.371. The molecular formula is C35H36F3N4O13PS. The zero-order chi connectivity index (χ0) is 41.4. The Morgan fingerprint density at radius 3 is 2.44 bits per heavy atom. The number of nitriles is 1. The molecule has 0 radical (unpaired) electrons. The topological polar surface area (TPSA) is 228 Å². The van der Waals surface area contributed by atoms with Crippen molar-refractivity contribution in [2.24, 2.45) is 0 Å². The molecule has 2 unspecified atom stereocenters. The predicted octanol–water partition coefficient (Wildman–Crippen LogP) is 4.68. The molecule has 2 N–H and O–H groups in total. The maximum absolute atomic E-state index is 15.6. The van der Waals surface area contributed by atoms with E-state index in [0.29, 0.717) is 6.07 Å². The molecule has 1 aliphatic rings. The number of hydrogen-bond acceptors (Lipinski definition) is 15. The van der Waals surface area contributed by atoms with E-state index in [1.807, 2.05) is 6.07 Å². The molecule has 0 spiro atoms. The van der Waals surface area contributed by atoms with Crippen molar-refractivity contribution in [2.45, 2.75) is 48.7 Å². The van der Waals surface area contributed by atoms with E-state index in [9.17, 15) is 27.7 Å². The van der Waals surface area contributed by atoms with E-state index in [1.165, 1.54) is 47.3 Å². The highest BCUT2D eigenvalue weighted by atomic mass is 32.2. The smallest absolute Gasteiger partial charge is 0.463 e. The van der Waals surface area contributed by atoms with Gasteiger partial charge in [0.1, 0.15) is 36.7 Å². The number of carbonyl (C=O) groups is 3. The summed E-state index contributed by atoms with van der Waals surface area (Å²) in [4.78, 5) is 58.3. The van der Waals surface area contributed by atoms with Gasteiger partial charge in [-0.1, -0.05) is 24.3 Å². The van der Waals surface area contributed by atoms with Gasteiger partial charge >= 0.3 is 25.9 Å². The molecule has 0 amide bonds. The number of carbonyl (C=O) groups excluding carboxylic acids is 3. The molecular weight excluding hydrogens is 804 g/mol. The van der Waals surface area contributed by atoms with Crippen LogP contribution in [0.1, 0.15) is 36.5 Å². The number of benzene rings is 2. The van der Waals surface area contributed by atoms with Crippen molar-refractivity contribution in [3.63, 3.8) is 0 Å². The third-order valence-corrected chi connectivity index (χ3v) is 9.75. The number of halogens is 3. The van der Waals surface area contributed by atoms with Crippen LogP contribution in [0, 0.1) is 28.8 Å². The second-order valence-electron chi connectivity index (χ2n) is 11.8. The van der Waals surface area contributed by atoms with Crippen LogP contribution in [-0.4, -0.2) is 92.7 Å². The van der Waals surface area contributed by atoms with Crippen LogP contribution in [0.3, 0.4) is 0 Å². The van der Waals surface area contributed by atoms with Gasteiger partial charge in [-0.25, -0.2) is 32.2 Å². The third kappa shape index (κ3) is 14.4. The lowest BCUT2D eigenvalue weighted by atomic mass is 9.89. The highest BCUT2D eigenvalue weighted by molar-refractivity contribution is 8.00. The van der Waals surface area contributed by atoms with Crippen LogP contribution >= 0.6 is 19.6 Å². The summed E-state index contributed by atoms with van der Waals surface area (Å²) in [7, 11) is -4.74. The molecule has 1 aromatic heterocycles. The molecule has 306 valence electrons. The van der Waals surface area contributed by atoms with Crippen LogP contribution in [0.15, 0.2) is 67.3 Å². The first-order valence-electron chi connectivity index (χ1n) is 16.8. The van der Waals surface area contributed by atoms with Crippen molar-refractivity contribution in [1.29, 1.82) is 5.26 Å². The van der Waals surface area contributed by atoms with Gasteiger partial charge in [0, 0.05) is 22.4 Å². The Bertz CT molecular complexity index is 1990. The summed E-state index contributed by atoms with van der Waals surface area (Å²) < 4.78 is 91.9. The Morgan fingerprint density at radius 1 is 1.05 bits per heavy atom. The number of nitrogens with zero attached hydrogens (tertiary/aromatic N) is 4. The molecule has 1 fully saturated rings. The van der Waals surface area contributed by atoms with Crippen molar-refractivity contribution < 1.29 is 74.9 Å². The van der Waals surface area contributed by atoms with E-state index < -0.39 is 98.6 Å². The van der Waals surface area contributed by atoms with Gasteiger partial charge in [0.25, 0.3) is 0 Å². The molecule has 0 bridgehead atoms. The molecule has 2 aromatic carbocycles. The Kier molecular flexibility index (Phi) is 16.8. The number of rotatable bonds is 19. The highest BCUT2D eigenvalue weighted by Crippen LogP contribution is 2.42. The summed E-state index contributed by atoms with van der Waals surface area (Å²) in [5, 5.41) is 11.7. The summed E-state index contributed by atoms with van der Waals surface area (Å²) in [6.45, 7) is -0.525. The van der Waals surface area contributed by atoms with Crippen LogP contribution in [0.25, 0.3) is 6.08 Å². The fourth-order valence-corrected chi connectivity index (χ4v) is 6.78. The number of allylic oxidation sites excluding steroid dienone is 2. The first kappa shape index (κ1) is 44.6. The number of aromatic nitrogens is 3. The number of phosphoric ester groups is 1. The number of esters is 2.